The molecule has 1 aromatic carbocycles. The van der Waals surface area contributed by atoms with Gasteiger partial charge in [0.25, 0.3) is 5.91 Å². The second kappa shape index (κ2) is 7.33. The molecule has 0 bridgehead atoms. The Kier molecular flexibility index (Phi) is 6.07. The Morgan fingerprint density at radius 3 is 2.94 bits per heavy atom. The number of methoxy groups -OCH3 is 1. The second-order valence-corrected chi connectivity index (χ2v) is 5.03. The van der Waals surface area contributed by atoms with Crippen molar-refractivity contribution in [1.82, 2.24) is 5.32 Å². The SMILES string of the molecule is COCC(Br)CCNC(=O)c1c(O)cccc1F. The summed E-state index contributed by atoms with van der Waals surface area (Å²) in [5.41, 5.74) is -0.324. The topological polar surface area (TPSA) is 58.6 Å². The molecule has 1 atom stereocenters. The van der Waals surface area contributed by atoms with Crippen LogP contribution in [0.2, 0.25) is 0 Å². The molecule has 0 aliphatic carbocycles. The van der Waals surface area contributed by atoms with Crippen LogP contribution in [0.3, 0.4) is 0 Å². The predicted octanol–water partition coefficient (Wildman–Crippen LogP) is 2.06. The number of nitrogens with one attached hydrogen (secondary N) is 1. The van der Waals surface area contributed by atoms with Crippen molar-refractivity contribution < 1.29 is 19.0 Å². The molecule has 18 heavy (non-hydrogen) atoms. The number of rotatable bonds is 6. The number of phenolic OH excluding ortho intramolecular Hbond substituents is 1. The number of amides is 1. The standard InChI is InChI=1S/C12H15BrFNO3/c1-18-7-8(13)5-6-15-12(17)11-9(14)3-2-4-10(11)16/h2-4,8,16H,5-7H2,1H3,(H,15,17). The zero-order valence-electron chi connectivity index (χ0n) is 9.95. The van der Waals surface area contributed by atoms with Crippen molar-refractivity contribution in [3.05, 3.63) is 29.6 Å². The molecule has 0 spiro atoms. The van der Waals surface area contributed by atoms with Crippen LogP contribution in [0.15, 0.2) is 18.2 Å². The van der Waals surface area contributed by atoms with Gasteiger partial charge in [-0.2, -0.15) is 0 Å². The summed E-state index contributed by atoms with van der Waals surface area (Å²) in [6.07, 6.45) is 0.648. The molecule has 0 heterocycles. The summed E-state index contributed by atoms with van der Waals surface area (Å²) in [6.45, 7) is 0.896. The fraction of sp³-hybridized carbons (Fsp3) is 0.417. The van der Waals surface area contributed by atoms with Crippen molar-refractivity contribution >= 4 is 21.8 Å². The van der Waals surface area contributed by atoms with Gasteiger partial charge in [-0.25, -0.2) is 4.39 Å². The number of aromatic hydroxyl groups is 1. The first-order valence-corrected chi connectivity index (χ1v) is 6.36. The summed E-state index contributed by atoms with van der Waals surface area (Å²) in [6, 6.07) is 3.75. The molecule has 1 aromatic rings. The van der Waals surface area contributed by atoms with E-state index in [0.29, 0.717) is 19.6 Å². The fourth-order valence-electron chi connectivity index (χ4n) is 1.43. The van der Waals surface area contributed by atoms with E-state index in [4.69, 9.17) is 4.74 Å². The average molecular weight is 320 g/mol. The van der Waals surface area contributed by atoms with Crippen LogP contribution in [0.5, 0.6) is 5.75 Å². The van der Waals surface area contributed by atoms with Crippen molar-refractivity contribution in [3.63, 3.8) is 0 Å². The zero-order valence-corrected chi connectivity index (χ0v) is 11.5. The van der Waals surface area contributed by atoms with Gasteiger partial charge >= 0.3 is 0 Å². The zero-order chi connectivity index (χ0) is 13.5. The van der Waals surface area contributed by atoms with E-state index in [-0.39, 0.29) is 16.1 Å². The summed E-state index contributed by atoms with van der Waals surface area (Å²) in [7, 11) is 1.59. The lowest BCUT2D eigenvalue weighted by atomic mass is 10.1. The van der Waals surface area contributed by atoms with Crippen molar-refractivity contribution in [3.8, 4) is 5.75 Å². The number of phenols is 1. The van der Waals surface area contributed by atoms with E-state index in [1.807, 2.05) is 0 Å². The van der Waals surface area contributed by atoms with Crippen LogP contribution in [0.25, 0.3) is 0 Å². The van der Waals surface area contributed by atoms with Gasteiger partial charge in [0.2, 0.25) is 0 Å². The van der Waals surface area contributed by atoms with Gasteiger partial charge in [-0.3, -0.25) is 4.79 Å². The Bertz CT molecular complexity index is 394. The molecule has 1 unspecified atom stereocenters. The minimum Gasteiger partial charge on any atom is -0.507 e. The van der Waals surface area contributed by atoms with E-state index in [2.05, 4.69) is 21.2 Å². The minimum absolute atomic E-state index is 0.122. The molecule has 6 heteroatoms. The normalized spacial score (nSPS) is 12.2. The van der Waals surface area contributed by atoms with Gasteiger partial charge in [0, 0.05) is 18.5 Å². The van der Waals surface area contributed by atoms with Gasteiger partial charge < -0.3 is 15.2 Å². The van der Waals surface area contributed by atoms with Crippen LogP contribution in [0.4, 0.5) is 4.39 Å². The quantitative estimate of drug-likeness (QED) is 0.789. The number of halogens is 2. The lowest BCUT2D eigenvalue weighted by Crippen LogP contribution is -2.27. The predicted molar refractivity (Wildman–Crippen MR) is 69.6 cm³/mol. The van der Waals surface area contributed by atoms with Gasteiger partial charge in [-0.15, -0.1) is 0 Å². The summed E-state index contributed by atoms with van der Waals surface area (Å²) in [5, 5.41) is 12.0. The smallest absolute Gasteiger partial charge is 0.258 e. The van der Waals surface area contributed by atoms with E-state index in [1.165, 1.54) is 12.1 Å². The highest BCUT2D eigenvalue weighted by atomic mass is 79.9. The van der Waals surface area contributed by atoms with Crippen LogP contribution in [0, 0.1) is 5.82 Å². The number of alkyl halides is 1. The van der Waals surface area contributed by atoms with Crippen molar-refractivity contribution in [1.29, 1.82) is 0 Å². The fourth-order valence-corrected chi connectivity index (χ4v) is 1.93. The number of carbonyl (C=O) groups excluding carboxylic acids is 1. The maximum atomic E-state index is 13.4. The van der Waals surface area contributed by atoms with Gasteiger partial charge in [0.15, 0.2) is 0 Å². The molecule has 100 valence electrons. The maximum Gasteiger partial charge on any atom is 0.258 e. The van der Waals surface area contributed by atoms with Gasteiger partial charge in [-0.05, 0) is 18.6 Å². The van der Waals surface area contributed by atoms with Gasteiger partial charge in [-0.1, -0.05) is 22.0 Å². The monoisotopic (exact) mass is 319 g/mol. The van der Waals surface area contributed by atoms with E-state index in [0.717, 1.165) is 6.07 Å². The first-order valence-electron chi connectivity index (χ1n) is 5.45. The number of benzene rings is 1. The first kappa shape index (κ1) is 14.9. The van der Waals surface area contributed by atoms with E-state index in [9.17, 15) is 14.3 Å². The number of ether oxygens (including phenoxy) is 1. The lowest BCUT2D eigenvalue weighted by molar-refractivity contribution is 0.0945. The van der Waals surface area contributed by atoms with Crippen molar-refractivity contribution in [2.45, 2.75) is 11.2 Å². The highest BCUT2D eigenvalue weighted by Crippen LogP contribution is 2.19. The highest BCUT2D eigenvalue weighted by molar-refractivity contribution is 9.09. The molecule has 0 radical (unpaired) electrons. The molecule has 0 aliphatic rings. The number of hydrogen-bond donors (Lipinski definition) is 2. The third-order valence-electron chi connectivity index (χ3n) is 2.31. The second-order valence-electron chi connectivity index (χ2n) is 3.73. The molecule has 2 N–H and O–H groups in total. The molecular weight excluding hydrogens is 305 g/mol. The molecule has 1 rings (SSSR count). The van der Waals surface area contributed by atoms with E-state index < -0.39 is 11.7 Å². The summed E-state index contributed by atoms with van der Waals surface area (Å²) < 4.78 is 18.3. The van der Waals surface area contributed by atoms with Crippen LogP contribution >= 0.6 is 15.9 Å². The Morgan fingerprint density at radius 2 is 2.33 bits per heavy atom. The molecule has 4 nitrogen and oxygen atoms in total. The summed E-state index contributed by atoms with van der Waals surface area (Å²) in [5.74, 6) is -1.72. The molecule has 0 saturated carbocycles. The van der Waals surface area contributed by atoms with Gasteiger partial charge in [0.1, 0.15) is 17.1 Å². The first-order chi connectivity index (χ1) is 8.56. The van der Waals surface area contributed by atoms with E-state index >= 15 is 0 Å². The van der Waals surface area contributed by atoms with Crippen LogP contribution in [-0.2, 0) is 4.74 Å². The van der Waals surface area contributed by atoms with Crippen LogP contribution in [0.1, 0.15) is 16.8 Å². The lowest BCUT2D eigenvalue weighted by Gasteiger charge is -2.10. The summed E-state index contributed by atoms with van der Waals surface area (Å²) in [4.78, 5) is 11.8. The minimum atomic E-state index is -0.736. The van der Waals surface area contributed by atoms with E-state index in [1.54, 1.807) is 7.11 Å². The Balaban J connectivity index is 2.51. The molecule has 0 fully saturated rings. The Labute approximate surface area is 113 Å². The highest BCUT2D eigenvalue weighted by Gasteiger charge is 2.16. The molecule has 0 saturated heterocycles. The Morgan fingerprint density at radius 1 is 1.61 bits per heavy atom. The molecule has 0 aliphatic heterocycles. The van der Waals surface area contributed by atoms with Gasteiger partial charge in [0.05, 0.1) is 6.61 Å². The average Bonchev–Trinajstić information content (AvgIpc) is 2.29. The molecule has 0 aromatic heterocycles. The third-order valence-corrected chi connectivity index (χ3v) is 3.03. The largest absolute Gasteiger partial charge is 0.507 e. The molecule has 1 amide bonds. The number of hydrogen-bond acceptors (Lipinski definition) is 3. The van der Waals surface area contributed by atoms with Crippen LogP contribution < -0.4 is 5.32 Å². The number of carbonyl (C=O) groups is 1. The van der Waals surface area contributed by atoms with Crippen molar-refractivity contribution in [2.24, 2.45) is 0 Å². The summed E-state index contributed by atoms with van der Waals surface area (Å²) >= 11 is 3.37. The third kappa shape index (κ3) is 4.27. The van der Waals surface area contributed by atoms with Crippen LogP contribution in [-0.4, -0.2) is 36.1 Å². The molecular formula is C12H15BrFNO3. The van der Waals surface area contributed by atoms with Crippen molar-refractivity contribution in [2.75, 3.05) is 20.3 Å². The maximum absolute atomic E-state index is 13.4. The Hall–Kier alpha value is -1.14.